The van der Waals surface area contributed by atoms with Crippen molar-refractivity contribution < 1.29 is 9.59 Å². The maximum atomic E-state index is 12.2. The van der Waals surface area contributed by atoms with Crippen LogP contribution in [0, 0.1) is 0 Å². The number of hydrogen-bond acceptors (Lipinski definition) is 5. The fourth-order valence-corrected chi connectivity index (χ4v) is 4.07. The SMILES string of the molecule is CCN1CCc2c(sc(NC(=O)Nc3cccnc3)c2C(N)=O)C1. The maximum absolute atomic E-state index is 12.2. The van der Waals surface area contributed by atoms with Gasteiger partial charge in [-0.25, -0.2) is 4.79 Å². The minimum absolute atomic E-state index is 0.420. The molecule has 3 amide bonds. The summed E-state index contributed by atoms with van der Waals surface area (Å²) in [5.41, 5.74) is 7.53. The highest BCUT2D eigenvalue weighted by atomic mass is 32.1. The van der Waals surface area contributed by atoms with Crippen molar-refractivity contribution in [2.75, 3.05) is 23.7 Å². The summed E-state index contributed by atoms with van der Waals surface area (Å²) < 4.78 is 0. The van der Waals surface area contributed by atoms with E-state index in [1.807, 2.05) is 0 Å². The van der Waals surface area contributed by atoms with Crippen LogP contribution in [-0.2, 0) is 13.0 Å². The molecular formula is C16H19N5O2S. The maximum Gasteiger partial charge on any atom is 0.324 e. The molecule has 0 bridgehead atoms. The summed E-state index contributed by atoms with van der Waals surface area (Å²) >= 11 is 1.42. The van der Waals surface area contributed by atoms with E-state index in [9.17, 15) is 9.59 Å². The molecule has 3 heterocycles. The highest BCUT2D eigenvalue weighted by Gasteiger charge is 2.27. The average Bonchev–Trinajstić information content (AvgIpc) is 2.92. The number of nitrogens with two attached hydrogens (primary N) is 1. The summed E-state index contributed by atoms with van der Waals surface area (Å²) in [4.78, 5) is 31.4. The number of primary amides is 1. The number of nitrogens with one attached hydrogen (secondary N) is 2. The Morgan fingerprint density at radius 2 is 2.25 bits per heavy atom. The van der Waals surface area contributed by atoms with Crippen molar-refractivity contribution in [2.45, 2.75) is 19.9 Å². The van der Waals surface area contributed by atoms with Gasteiger partial charge in [0.2, 0.25) is 0 Å². The van der Waals surface area contributed by atoms with Gasteiger partial charge in [-0.1, -0.05) is 6.92 Å². The van der Waals surface area contributed by atoms with E-state index in [4.69, 9.17) is 5.73 Å². The van der Waals surface area contributed by atoms with Crippen LogP contribution in [-0.4, -0.2) is 34.9 Å². The minimum Gasteiger partial charge on any atom is -0.365 e. The van der Waals surface area contributed by atoms with E-state index in [-0.39, 0.29) is 0 Å². The van der Waals surface area contributed by atoms with Gasteiger partial charge in [0.05, 0.1) is 17.4 Å². The van der Waals surface area contributed by atoms with Crippen LogP contribution in [0.5, 0.6) is 0 Å². The summed E-state index contributed by atoms with van der Waals surface area (Å²) in [6.07, 6.45) is 3.94. The first kappa shape index (κ1) is 16.4. The number of carbonyl (C=O) groups is 2. The lowest BCUT2D eigenvalue weighted by Crippen LogP contribution is -2.30. The number of hydrogen-bond donors (Lipinski definition) is 3. The Bertz CT molecular complexity index is 759. The van der Waals surface area contributed by atoms with Gasteiger partial charge in [0, 0.05) is 24.2 Å². The smallest absolute Gasteiger partial charge is 0.324 e. The predicted molar refractivity (Wildman–Crippen MR) is 94.4 cm³/mol. The molecule has 0 fully saturated rings. The molecule has 24 heavy (non-hydrogen) atoms. The number of pyridine rings is 1. The van der Waals surface area contributed by atoms with Crippen LogP contribution in [0.15, 0.2) is 24.5 Å². The first-order valence-corrected chi connectivity index (χ1v) is 8.54. The number of urea groups is 1. The molecule has 0 radical (unpaired) electrons. The molecule has 1 aliphatic rings. The van der Waals surface area contributed by atoms with Gasteiger partial charge < -0.3 is 11.1 Å². The van der Waals surface area contributed by atoms with Gasteiger partial charge in [-0.2, -0.15) is 0 Å². The fourth-order valence-electron chi connectivity index (χ4n) is 2.78. The summed E-state index contributed by atoms with van der Waals surface area (Å²) in [5.74, 6) is -0.505. The van der Waals surface area contributed by atoms with Crippen molar-refractivity contribution in [3.8, 4) is 0 Å². The number of fused-ring (bicyclic) bond motifs is 1. The molecule has 0 aliphatic carbocycles. The van der Waals surface area contributed by atoms with E-state index in [0.717, 1.165) is 36.5 Å². The largest absolute Gasteiger partial charge is 0.365 e. The van der Waals surface area contributed by atoms with Crippen molar-refractivity contribution in [1.29, 1.82) is 0 Å². The number of nitrogens with zero attached hydrogens (tertiary/aromatic N) is 2. The molecule has 8 heteroatoms. The number of anilines is 2. The molecule has 0 atom stereocenters. The quantitative estimate of drug-likeness (QED) is 0.791. The highest BCUT2D eigenvalue weighted by molar-refractivity contribution is 7.17. The molecule has 4 N–H and O–H groups in total. The number of amides is 3. The zero-order valence-electron chi connectivity index (χ0n) is 13.3. The van der Waals surface area contributed by atoms with Crippen LogP contribution in [0.2, 0.25) is 0 Å². The molecule has 0 aromatic carbocycles. The van der Waals surface area contributed by atoms with Crippen LogP contribution < -0.4 is 16.4 Å². The van der Waals surface area contributed by atoms with E-state index >= 15 is 0 Å². The molecule has 1 aliphatic heterocycles. The van der Waals surface area contributed by atoms with Gasteiger partial charge in [0.25, 0.3) is 5.91 Å². The van der Waals surface area contributed by atoms with E-state index in [0.29, 0.717) is 16.3 Å². The Morgan fingerprint density at radius 3 is 2.92 bits per heavy atom. The van der Waals surface area contributed by atoms with Gasteiger partial charge in [0.1, 0.15) is 5.00 Å². The lowest BCUT2D eigenvalue weighted by molar-refractivity contribution is 0.1000. The van der Waals surface area contributed by atoms with E-state index in [2.05, 4.69) is 27.4 Å². The lowest BCUT2D eigenvalue weighted by atomic mass is 10.0. The molecule has 2 aromatic rings. The summed E-state index contributed by atoms with van der Waals surface area (Å²) in [6.45, 7) is 4.73. The fraction of sp³-hybridized carbons (Fsp3) is 0.312. The summed E-state index contributed by atoms with van der Waals surface area (Å²) in [6, 6.07) is 3.05. The highest BCUT2D eigenvalue weighted by Crippen LogP contribution is 2.36. The number of rotatable bonds is 4. The van der Waals surface area contributed by atoms with Crippen molar-refractivity contribution in [3.05, 3.63) is 40.5 Å². The van der Waals surface area contributed by atoms with Gasteiger partial charge in [0.15, 0.2) is 0 Å². The van der Waals surface area contributed by atoms with Crippen LogP contribution in [0.3, 0.4) is 0 Å². The summed E-state index contributed by atoms with van der Waals surface area (Å²) in [7, 11) is 0. The minimum atomic E-state index is -0.505. The zero-order valence-corrected chi connectivity index (χ0v) is 14.2. The first-order chi connectivity index (χ1) is 11.6. The van der Waals surface area contributed by atoms with Gasteiger partial charge in [-0.3, -0.25) is 20.0 Å². The third kappa shape index (κ3) is 3.39. The third-order valence-corrected chi connectivity index (χ3v) is 5.11. The second-order valence-electron chi connectivity index (χ2n) is 5.51. The van der Waals surface area contributed by atoms with Crippen molar-refractivity contribution in [2.24, 2.45) is 5.73 Å². The molecule has 3 rings (SSSR count). The van der Waals surface area contributed by atoms with Gasteiger partial charge in [-0.15, -0.1) is 11.3 Å². The second kappa shape index (κ2) is 6.98. The van der Waals surface area contributed by atoms with E-state index in [1.165, 1.54) is 11.3 Å². The van der Waals surface area contributed by atoms with Crippen LogP contribution in [0.1, 0.15) is 27.7 Å². The number of thiophene rings is 1. The Labute approximate surface area is 143 Å². The van der Waals surface area contributed by atoms with Gasteiger partial charge in [-0.05, 0) is 30.7 Å². The number of likely N-dealkylation sites (N-methyl/N-ethyl adjacent to an activating group) is 1. The topological polar surface area (TPSA) is 100 Å². The lowest BCUT2D eigenvalue weighted by Gasteiger charge is -2.25. The van der Waals surface area contributed by atoms with E-state index < -0.39 is 11.9 Å². The Kier molecular flexibility index (Phi) is 4.77. The molecule has 0 spiro atoms. The normalized spacial score (nSPS) is 14.0. The Balaban J connectivity index is 1.81. The first-order valence-electron chi connectivity index (χ1n) is 7.73. The molecule has 7 nitrogen and oxygen atoms in total. The molecular weight excluding hydrogens is 326 g/mol. The summed E-state index contributed by atoms with van der Waals surface area (Å²) in [5, 5.41) is 5.95. The van der Waals surface area contributed by atoms with Gasteiger partial charge >= 0.3 is 6.03 Å². The predicted octanol–water partition coefficient (Wildman–Crippen LogP) is 2.26. The molecule has 2 aromatic heterocycles. The molecule has 0 unspecified atom stereocenters. The van der Waals surface area contributed by atoms with Crippen LogP contribution >= 0.6 is 11.3 Å². The molecule has 0 saturated heterocycles. The number of carbonyl (C=O) groups excluding carboxylic acids is 2. The Morgan fingerprint density at radius 1 is 1.42 bits per heavy atom. The average molecular weight is 345 g/mol. The molecule has 0 saturated carbocycles. The Hall–Kier alpha value is -2.45. The standard InChI is InChI=1S/C16H19N5O2S/c1-2-21-7-5-11-12(9-21)24-15(13(11)14(17)22)20-16(23)19-10-4-3-6-18-8-10/h3-4,6,8H,2,5,7,9H2,1H3,(H2,17,22)(H2,19,20,23). The van der Waals surface area contributed by atoms with Crippen molar-refractivity contribution in [3.63, 3.8) is 0 Å². The van der Waals surface area contributed by atoms with Crippen LogP contribution in [0.25, 0.3) is 0 Å². The van der Waals surface area contributed by atoms with Crippen molar-refractivity contribution >= 4 is 34.0 Å². The number of aromatic nitrogens is 1. The monoisotopic (exact) mass is 345 g/mol. The molecule has 126 valence electrons. The zero-order chi connectivity index (χ0) is 17.1. The van der Waals surface area contributed by atoms with Crippen LogP contribution in [0.4, 0.5) is 15.5 Å². The second-order valence-corrected chi connectivity index (χ2v) is 6.62. The van der Waals surface area contributed by atoms with E-state index in [1.54, 1.807) is 24.5 Å². The van der Waals surface area contributed by atoms with Crippen molar-refractivity contribution in [1.82, 2.24) is 9.88 Å². The third-order valence-electron chi connectivity index (χ3n) is 3.98.